The monoisotopic (exact) mass is 1110 g/mol. The van der Waals surface area contributed by atoms with Gasteiger partial charge in [0, 0.05) is 219 Å². The molecule has 6 aliphatic rings. The summed E-state index contributed by atoms with van der Waals surface area (Å²) in [5, 5.41) is 21.1. The van der Waals surface area contributed by atoms with E-state index in [1.807, 2.05) is 0 Å². The summed E-state index contributed by atoms with van der Waals surface area (Å²) in [4.78, 5) is 14.8. The molecular formula is C60H138N18. The second-order valence-corrected chi connectivity index (χ2v) is 27.4. The van der Waals surface area contributed by atoms with Gasteiger partial charge in [0.05, 0.1) is 0 Å². The molecule has 0 aromatic rings. The Balaban J connectivity index is 0.000000468. The standard InChI is InChI=1S/C11H25N3.4C10H23N3.C9H21N3/c1-4-5-11(12)8-14-6-9(2)13-10(3)7-14;1-8-5-13(6-9(2)12-8)7-10(3,4)11;1-7-5-13(6-8(2)12-7)10(4)9(3)11;1-8(11)4-5-13-6-9(2)12-10(3)7-13;1-4-10(11)7-13-5-8(2)12-9(3)6-13;1-7(10)4-12-5-8(2)11-9(3)6-12/h9-11,13H,4-8,12H2,1-3H3;8-9,12H,5-7,11H2,1-4H3;7-10,12H,5-6,11H2,1-4H3;2*8-10,12H,4-7,11H2,1-3H3;7-9,11H,4-6,10H2,1-3H3. The molecule has 6 heterocycles. The summed E-state index contributed by atoms with van der Waals surface area (Å²) in [5.74, 6) is 0. The van der Waals surface area contributed by atoms with Crippen molar-refractivity contribution in [3.63, 3.8) is 0 Å². The van der Waals surface area contributed by atoms with Crippen LogP contribution in [0.15, 0.2) is 0 Å². The number of hydrogen-bond donors (Lipinski definition) is 12. The minimum Gasteiger partial charge on any atom is -0.328 e. The quantitative estimate of drug-likeness (QED) is 0.106. The molecule has 0 aromatic carbocycles. The molecule has 0 bridgehead atoms. The Morgan fingerprint density at radius 2 is 0.692 bits per heavy atom. The molecule has 0 saturated carbocycles. The second kappa shape index (κ2) is 39.8. The molecule has 0 spiro atoms. The highest BCUT2D eigenvalue weighted by molar-refractivity contribution is 4.89. The lowest BCUT2D eigenvalue weighted by molar-refractivity contribution is 0.119. The van der Waals surface area contributed by atoms with Crippen LogP contribution in [-0.2, 0) is 0 Å². The van der Waals surface area contributed by atoms with E-state index < -0.39 is 0 Å². The molecule has 6 aliphatic heterocycles. The number of hydrogen-bond acceptors (Lipinski definition) is 18. The van der Waals surface area contributed by atoms with Crippen LogP contribution in [0.1, 0.15) is 164 Å². The zero-order valence-corrected chi connectivity index (χ0v) is 54.9. The van der Waals surface area contributed by atoms with E-state index in [0.717, 1.165) is 131 Å². The fourth-order valence-electron chi connectivity index (χ4n) is 12.6. The summed E-state index contributed by atoms with van der Waals surface area (Å²) >= 11 is 0. The molecule has 6 fully saturated rings. The predicted octanol–water partition coefficient (Wildman–Crippen LogP) is 2.43. The molecule has 468 valence electrons. The molecule has 0 aromatic heterocycles. The van der Waals surface area contributed by atoms with Crippen molar-refractivity contribution in [1.82, 2.24) is 61.3 Å². The summed E-state index contributed by atoms with van der Waals surface area (Å²) in [5.41, 5.74) is 35.3. The predicted molar refractivity (Wildman–Crippen MR) is 341 cm³/mol. The molecule has 6 saturated heterocycles. The molecule has 0 amide bonds. The molecule has 6 rings (SSSR count). The Labute approximate surface area is 483 Å². The highest BCUT2D eigenvalue weighted by Crippen LogP contribution is 2.12. The van der Waals surface area contributed by atoms with Crippen LogP contribution in [-0.4, -0.2) is 255 Å². The molecule has 78 heavy (non-hydrogen) atoms. The van der Waals surface area contributed by atoms with Crippen LogP contribution in [0.3, 0.4) is 0 Å². The first-order chi connectivity index (χ1) is 36.2. The second-order valence-electron chi connectivity index (χ2n) is 27.4. The zero-order valence-electron chi connectivity index (χ0n) is 54.9. The number of nitrogens with one attached hydrogen (secondary N) is 6. The largest absolute Gasteiger partial charge is 0.328 e. The number of piperazine rings is 6. The summed E-state index contributed by atoms with van der Waals surface area (Å²) in [6, 6.07) is 9.31. The number of nitrogens with two attached hydrogens (primary N) is 6. The van der Waals surface area contributed by atoms with E-state index in [2.05, 4.69) is 200 Å². The van der Waals surface area contributed by atoms with Crippen LogP contribution in [0.4, 0.5) is 0 Å². The first-order valence-corrected chi connectivity index (χ1v) is 31.7. The van der Waals surface area contributed by atoms with E-state index in [1.54, 1.807) is 0 Å². The van der Waals surface area contributed by atoms with Crippen LogP contribution in [0, 0.1) is 0 Å². The van der Waals surface area contributed by atoms with Crippen LogP contribution in [0.25, 0.3) is 0 Å². The van der Waals surface area contributed by atoms with Crippen molar-refractivity contribution < 1.29 is 0 Å². The minimum atomic E-state index is -0.0726. The van der Waals surface area contributed by atoms with Crippen molar-refractivity contribution in [2.24, 2.45) is 34.4 Å². The van der Waals surface area contributed by atoms with E-state index in [4.69, 9.17) is 34.4 Å². The van der Waals surface area contributed by atoms with Crippen molar-refractivity contribution in [3.05, 3.63) is 0 Å². The van der Waals surface area contributed by atoms with Gasteiger partial charge in [-0.25, -0.2) is 0 Å². The van der Waals surface area contributed by atoms with E-state index in [1.165, 1.54) is 6.42 Å². The zero-order chi connectivity index (χ0) is 59.4. The lowest BCUT2D eigenvalue weighted by atomic mass is 10.0. The normalized spacial score (nSPS) is 33.5. The van der Waals surface area contributed by atoms with Crippen LogP contribution >= 0.6 is 0 Å². The third-order valence-corrected chi connectivity index (χ3v) is 15.3. The molecule has 18 heteroatoms. The summed E-state index contributed by atoms with van der Waals surface area (Å²) in [6.07, 6.45) is 4.52. The van der Waals surface area contributed by atoms with Crippen molar-refractivity contribution in [2.45, 2.75) is 278 Å². The van der Waals surface area contributed by atoms with Gasteiger partial charge < -0.3 is 71.2 Å². The lowest BCUT2D eigenvalue weighted by Gasteiger charge is -2.40. The van der Waals surface area contributed by atoms with Gasteiger partial charge in [0.15, 0.2) is 0 Å². The summed E-state index contributed by atoms with van der Waals surface area (Å²) in [7, 11) is 0. The Bertz CT molecular complexity index is 1390. The Morgan fingerprint density at radius 1 is 0.397 bits per heavy atom. The van der Waals surface area contributed by atoms with Gasteiger partial charge in [-0.1, -0.05) is 20.3 Å². The number of rotatable bonds is 16. The van der Waals surface area contributed by atoms with Crippen molar-refractivity contribution >= 4 is 0 Å². The molecular weight excluding hydrogens is 973 g/mol. The van der Waals surface area contributed by atoms with Crippen LogP contribution in [0.5, 0.6) is 0 Å². The van der Waals surface area contributed by atoms with Gasteiger partial charge in [-0.15, -0.1) is 0 Å². The Kier molecular flexibility index (Phi) is 38.4. The van der Waals surface area contributed by atoms with Crippen molar-refractivity contribution in [2.75, 3.05) is 111 Å². The molecule has 18 N–H and O–H groups in total. The molecule has 18 nitrogen and oxygen atoms in total. The average Bonchev–Trinajstić information content (AvgIpc) is 3.26. The maximum atomic E-state index is 6.04. The smallest absolute Gasteiger partial charge is 0.0226 e. The van der Waals surface area contributed by atoms with Crippen LogP contribution < -0.4 is 66.3 Å². The fourth-order valence-corrected chi connectivity index (χ4v) is 12.6. The van der Waals surface area contributed by atoms with Crippen molar-refractivity contribution in [3.8, 4) is 0 Å². The van der Waals surface area contributed by atoms with E-state index in [0.29, 0.717) is 103 Å². The highest BCUT2D eigenvalue weighted by Gasteiger charge is 2.28. The molecule has 18 atom stereocenters. The maximum absolute atomic E-state index is 6.04. The van der Waals surface area contributed by atoms with E-state index in [-0.39, 0.29) is 11.6 Å². The first-order valence-electron chi connectivity index (χ1n) is 31.7. The van der Waals surface area contributed by atoms with Crippen LogP contribution in [0.2, 0.25) is 0 Å². The van der Waals surface area contributed by atoms with Gasteiger partial charge in [-0.05, 0) is 150 Å². The van der Waals surface area contributed by atoms with Gasteiger partial charge in [0.1, 0.15) is 0 Å². The number of nitrogens with zero attached hydrogens (tertiary/aromatic N) is 6. The lowest BCUT2D eigenvalue weighted by Crippen LogP contribution is -2.59. The summed E-state index contributed by atoms with van der Waals surface area (Å²) < 4.78 is 0. The van der Waals surface area contributed by atoms with E-state index >= 15 is 0 Å². The van der Waals surface area contributed by atoms with E-state index in [9.17, 15) is 0 Å². The third-order valence-electron chi connectivity index (χ3n) is 15.3. The van der Waals surface area contributed by atoms with Gasteiger partial charge in [-0.3, -0.25) is 24.5 Å². The first kappa shape index (κ1) is 75.3. The Morgan fingerprint density at radius 3 is 0.974 bits per heavy atom. The highest BCUT2D eigenvalue weighted by atomic mass is 15.3. The Hall–Kier alpha value is -0.720. The molecule has 0 radical (unpaired) electrons. The third kappa shape index (κ3) is 36.8. The van der Waals surface area contributed by atoms with Crippen molar-refractivity contribution in [1.29, 1.82) is 0 Å². The molecule has 18 unspecified atom stereocenters. The SMILES string of the molecule is CC(N)CCN1CC(C)NC(C)C1.CC(N)CN1CC(C)NC(C)C1.CC1CN(C(C)C(C)N)CC(C)N1.CC1CN(CC(C)(C)N)CC(C)N1.CCC(N)CN1CC(C)NC(C)C1.CCCC(N)CN1CC(C)NC(C)C1. The summed E-state index contributed by atoms with van der Waals surface area (Å²) in [6.45, 7) is 62.7. The maximum Gasteiger partial charge on any atom is 0.0226 e. The fraction of sp³-hybridized carbons (Fsp3) is 1.00. The van der Waals surface area contributed by atoms with Gasteiger partial charge >= 0.3 is 0 Å². The minimum absolute atomic E-state index is 0.0726. The van der Waals surface area contributed by atoms with Gasteiger partial charge in [0.25, 0.3) is 0 Å². The molecule has 0 aliphatic carbocycles. The van der Waals surface area contributed by atoms with Gasteiger partial charge in [-0.2, -0.15) is 0 Å². The topological polar surface area (TPSA) is 248 Å². The average molecular weight is 1110 g/mol. The van der Waals surface area contributed by atoms with Gasteiger partial charge in [0.2, 0.25) is 0 Å².